The maximum Gasteiger partial charge on any atom is 0.0712 e. The van der Waals surface area contributed by atoms with Crippen LogP contribution in [0.5, 0.6) is 0 Å². The molecule has 0 aromatic carbocycles. The van der Waals surface area contributed by atoms with Crippen LogP contribution < -0.4 is 0 Å². The first-order valence-corrected chi connectivity index (χ1v) is 6.80. The molecule has 3 atom stereocenters. The lowest BCUT2D eigenvalue weighted by Gasteiger charge is -2.48. The summed E-state index contributed by atoms with van der Waals surface area (Å²) in [6, 6.07) is 0. The second-order valence-corrected chi connectivity index (χ2v) is 6.56. The van der Waals surface area contributed by atoms with Crippen molar-refractivity contribution in [2.75, 3.05) is 0 Å². The summed E-state index contributed by atoms with van der Waals surface area (Å²) in [5.74, 6) is 1.51. The predicted molar refractivity (Wildman–Crippen MR) is 68.2 cm³/mol. The maximum absolute atomic E-state index is 10.7. The molecule has 0 amide bonds. The van der Waals surface area contributed by atoms with E-state index in [-0.39, 0.29) is 5.41 Å². The van der Waals surface area contributed by atoms with Gasteiger partial charge in [0.15, 0.2) is 0 Å². The van der Waals surface area contributed by atoms with Crippen LogP contribution in [0.4, 0.5) is 0 Å². The summed E-state index contributed by atoms with van der Waals surface area (Å²) in [6.45, 7) is 10.9. The van der Waals surface area contributed by atoms with E-state index in [1.54, 1.807) is 0 Å². The van der Waals surface area contributed by atoms with Crippen molar-refractivity contribution < 1.29 is 5.11 Å². The number of hydrogen-bond acceptors (Lipinski definition) is 1. The fourth-order valence-electron chi connectivity index (χ4n) is 3.98. The number of hydrogen-bond donors (Lipinski definition) is 1. The average Bonchev–Trinajstić information content (AvgIpc) is 2.47. The van der Waals surface area contributed by atoms with Crippen molar-refractivity contribution in [2.24, 2.45) is 17.3 Å². The highest BCUT2D eigenvalue weighted by atomic mass is 16.3. The lowest BCUT2D eigenvalue weighted by atomic mass is 9.58. The van der Waals surface area contributed by atoms with E-state index in [0.717, 1.165) is 43.9 Å². The topological polar surface area (TPSA) is 20.2 Å². The van der Waals surface area contributed by atoms with Crippen LogP contribution in [0, 0.1) is 17.3 Å². The SMILES string of the molecule is C=C1CCC(C(C)C)CC12CCCC2(C)O. The van der Waals surface area contributed by atoms with Crippen LogP contribution in [0.1, 0.15) is 59.3 Å². The molecule has 1 heteroatoms. The molecule has 1 nitrogen and oxygen atoms in total. The van der Waals surface area contributed by atoms with E-state index in [0.29, 0.717) is 0 Å². The van der Waals surface area contributed by atoms with Crippen molar-refractivity contribution in [3.05, 3.63) is 12.2 Å². The van der Waals surface area contributed by atoms with Gasteiger partial charge >= 0.3 is 0 Å². The highest BCUT2D eigenvalue weighted by Gasteiger charge is 2.54. The van der Waals surface area contributed by atoms with Crippen molar-refractivity contribution >= 4 is 0 Å². The minimum absolute atomic E-state index is 0.0419. The van der Waals surface area contributed by atoms with E-state index in [2.05, 4.69) is 20.4 Å². The minimum Gasteiger partial charge on any atom is -0.389 e. The lowest BCUT2D eigenvalue weighted by Crippen LogP contribution is -2.46. The van der Waals surface area contributed by atoms with Crippen LogP contribution in [0.3, 0.4) is 0 Å². The van der Waals surface area contributed by atoms with Gasteiger partial charge in [0, 0.05) is 5.41 Å². The standard InChI is InChI=1S/C15H26O/c1-11(2)13-7-6-12(3)15(10-13)9-5-8-14(15,4)16/h11,13,16H,3,5-10H2,1-2,4H3. The van der Waals surface area contributed by atoms with Gasteiger partial charge in [0.1, 0.15) is 0 Å². The van der Waals surface area contributed by atoms with Gasteiger partial charge in [-0.15, -0.1) is 0 Å². The van der Waals surface area contributed by atoms with Gasteiger partial charge in [-0.05, 0) is 57.3 Å². The Morgan fingerprint density at radius 3 is 2.56 bits per heavy atom. The zero-order valence-electron chi connectivity index (χ0n) is 11.1. The maximum atomic E-state index is 10.7. The van der Waals surface area contributed by atoms with Crippen LogP contribution in [0.15, 0.2) is 12.2 Å². The molecule has 0 heterocycles. The fourth-order valence-corrected chi connectivity index (χ4v) is 3.98. The summed E-state index contributed by atoms with van der Waals surface area (Å²) in [7, 11) is 0. The molecule has 1 spiro atoms. The average molecular weight is 222 g/mol. The third-order valence-corrected chi connectivity index (χ3v) is 5.35. The monoisotopic (exact) mass is 222 g/mol. The molecule has 0 bridgehead atoms. The van der Waals surface area contributed by atoms with E-state index in [1.807, 2.05) is 6.92 Å². The molecule has 16 heavy (non-hydrogen) atoms. The minimum atomic E-state index is -0.502. The third-order valence-electron chi connectivity index (χ3n) is 5.35. The first kappa shape index (κ1) is 12.2. The molecule has 0 aromatic heterocycles. The molecule has 1 N–H and O–H groups in total. The Bertz CT molecular complexity index is 290. The fraction of sp³-hybridized carbons (Fsp3) is 0.867. The Labute approximate surface area is 99.9 Å². The largest absolute Gasteiger partial charge is 0.389 e. The Kier molecular flexibility index (Phi) is 2.94. The van der Waals surface area contributed by atoms with Crippen molar-refractivity contribution in [3.63, 3.8) is 0 Å². The first-order valence-electron chi connectivity index (χ1n) is 6.80. The Morgan fingerprint density at radius 1 is 1.38 bits per heavy atom. The van der Waals surface area contributed by atoms with E-state index in [4.69, 9.17) is 0 Å². The molecule has 0 saturated heterocycles. The summed E-state index contributed by atoms with van der Waals surface area (Å²) in [5, 5.41) is 10.7. The Balaban J connectivity index is 2.27. The normalized spacial score (nSPS) is 44.6. The van der Waals surface area contributed by atoms with Gasteiger partial charge in [0.05, 0.1) is 5.60 Å². The molecule has 2 saturated carbocycles. The van der Waals surface area contributed by atoms with Gasteiger partial charge in [-0.2, -0.15) is 0 Å². The van der Waals surface area contributed by atoms with E-state index in [1.165, 1.54) is 12.0 Å². The van der Waals surface area contributed by atoms with Gasteiger partial charge in [0.2, 0.25) is 0 Å². The van der Waals surface area contributed by atoms with Crippen LogP contribution in [0.2, 0.25) is 0 Å². The van der Waals surface area contributed by atoms with Crippen LogP contribution in [-0.2, 0) is 0 Å². The predicted octanol–water partition coefficient (Wildman–Crippen LogP) is 3.92. The van der Waals surface area contributed by atoms with E-state index in [9.17, 15) is 5.11 Å². The van der Waals surface area contributed by atoms with E-state index < -0.39 is 5.60 Å². The van der Waals surface area contributed by atoms with E-state index >= 15 is 0 Å². The molecule has 0 aromatic rings. The molecule has 0 radical (unpaired) electrons. The smallest absolute Gasteiger partial charge is 0.0712 e. The van der Waals surface area contributed by atoms with Gasteiger partial charge in [-0.1, -0.05) is 26.0 Å². The molecule has 2 aliphatic rings. The van der Waals surface area contributed by atoms with Gasteiger partial charge in [-0.25, -0.2) is 0 Å². The summed E-state index contributed by atoms with van der Waals surface area (Å²) in [4.78, 5) is 0. The summed E-state index contributed by atoms with van der Waals surface area (Å²) in [5.41, 5.74) is 0.865. The molecule has 92 valence electrons. The lowest BCUT2D eigenvalue weighted by molar-refractivity contribution is -0.0509. The summed E-state index contributed by atoms with van der Waals surface area (Å²) >= 11 is 0. The molecule has 0 aliphatic heterocycles. The number of rotatable bonds is 1. The highest BCUT2D eigenvalue weighted by molar-refractivity contribution is 5.23. The molecule has 2 rings (SSSR count). The van der Waals surface area contributed by atoms with Gasteiger partial charge in [0.25, 0.3) is 0 Å². The van der Waals surface area contributed by atoms with Crippen LogP contribution >= 0.6 is 0 Å². The molecule has 2 aliphatic carbocycles. The quantitative estimate of drug-likeness (QED) is 0.667. The second-order valence-electron chi connectivity index (χ2n) is 6.56. The zero-order valence-corrected chi connectivity index (χ0v) is 11.1. The van der Waals surface area contributed by atoms with Gasteiger partial charge in [-0.3, -0.25) is 0 Å². The van der Waals surface area contributed by atoms with Crippen LogP contribution in [0.25, 0.3) is 0 Å². The first-order chi connectivity index (χ1) is 7.39. The molecule has 3 unspecified atom stereocenters. The molecule has 2 fully saturated rings. The Morgan fingerprint density at radius 2 is 2.06 bits per heavy atom. The van der Waals surface area contributed by atoms with Crippen molar-refractivity contribution in [2.45, 2.75) is 64.9 Å². The third kappa shape index (κ3) is 1.64. The molecular formula is C15H26O. The highest BCUT2D eigenvalue weighted by Crippen LogP contribution is 2.59. The Hall–Kier alpha value is -0.300. The van der Waals surface area contributed by atoms with Crippen molar-refractivity contribution in [1.82, 2.24) is 0 Å². The van der Waals surface area contributed by atoms with Gasteiger partial charge < -0.3 is 5.11 Å². The van der Waals surface area contributed by atoms with Crippen molar-refractivity contribution in [3.8, 4) is 0 Å². The zero-order chi connectivity index (χ0) is 12.0. The summed E-state index contributed by atoms with van der Waals surface area (Å²) < 4.78 is 0. The molecular weight excluding hydrogens is 196 g/mol. The van der Waals surface area contributed by atoms with Crippen LogP contribution in [-0.4, -0.2) is 10.7 Å². The number of aliphatic hydroxyl groups is 1. The van der Waals surface area contributed by atoms with Crippen molar-refractivity contribution in [1.29, 1.82) is 0 Å². The second kappa shape index (κ2) is 3.87. The summed E-state index contributed by atoms with van der Waals surface area (Å²) in [6.07, 6.45) is 6.83.